The van der Waals surface area contributed by atoms with Crippen LogP contribution in [0.25, 0.3) is 0 Å². The van der Waals surface area contributed by atoms with Crippen molar-refractivity contribution in [2.45, 2.75) is 38.8 Å². The van der Waals surface area contributed by atoms with E-state index in [1.165, 1.54) is 0 Å². The Morgan fingerprint density at radius 1 is 1.38 bits per heavy atom. The molecule has 128 valence electrons. The van der Waals surface area contributed by atoms with E-state index in [9.17, 15) is 9.90 Å². The van der Waals surface area contributed by atoms with E-state index in [0.717, 1.165) is 50.2 Å². The number of aromatic amines is 1. The van der Waals surface area contributed by atoms with Crippen molar-refractivity contribution in [3.8, 4) is 5.75 Å². The van der Waals surface area contributed by atoms with Crippen LogP contribution in [0.1, 0.15) is 41.5 Å². The molecule has 1 saturated heterocycles. The Balaban J connectivity index is 1.56. The number of phenolic OH excluding ortho intramolecular Hbond substituents is 1. The fourth-order valence-corrected chi connectivity index (χ4v) is 3.27. The number of aromatic nitrogens is 1. The summed E-state index contributed by atoms with van der Waals surface area (Å²) >= 11 is 0. The number of amides is 1. The number of nitrogens with zero attached hydrogens (tertiary/aromatic N) is 1. The van der Waals surface area contributed by atoms with E-state index in [1.807, 2.05) is 24.3 Å². The molecule has 1 aliphatic rings. The van der Waals surface area contributed by atoms with Gasteiger partial charge in [-0.05, 0) is 55.6 Å². The van der Waals surface area contributed by atoms with Crippen LogP contribution in [0.5, 0.6) is 5.75 Å². The highest BCUT2D eigenvalue weighted by Crippen LogP contribution is 2.17. The number of carbonyl (C=O) groups is 1. The summed E-state index contributed by atoms with van der Waals surface area (Å²) in [4.78, 5) is 17.8. The van der Waals surface area contributed by atoms with Crippen LogP contribution < -0.4 is 5.32 Å². The third-order valence-corrected chi connectivity index (χ3v) is 4.53. The van der Waals surface area contributed by atoms with Crippen LogP contribution in [0, 0.1) is 0 Å². The quantitative estimate of drug-likeness (QED) is 0.791. The molecule has 0 radical (unpaired) electrons. The predicted octanol–water partition coefficient (Wildman–Crippen LogP) is 2.68. The Kier molecular flexibility index (Phi) is 5.20. The maximum absolute atomic E-state index is 12.4. The second-order valence-electron chi connectivity index (χ2n) is 6.47. The lowest BCUT2D eigenvalue weighted by molar-refractivity contribution is 0.0896. The number of likely N-dealkylation sites (tertiary alicyclic amines) is 1. The molecule has 5 heteroatoms. The molecule has 3 N–H and O–H groups in total. The molecule has 2 aromatic rings. The van der Waals surface area contributed by atoms with Crippen LogP contribution in [0.15, 0.2) is 36.4 Å². The molecule has 1 amide bonds. The highest BCUT2D eigenvalue weighted by atomic mass is 16.3. The highest BCUT2D eigenvalue weighted by Gasteiger charge is 2.22. The fourth-order valence-electron chi connectivity index (χ4n) is 3.27. The zero-order valence-corrected chi connectivity index (χ0v) is 14.1. The van der Waals surface area contributed by atoms with E-state index in [1.54, 1.807) is 12.1 Å². The van der Waals surface area contributed by atoms with Gasteiger partial charge in [-0.1, -0.05) is 19.1 Å². The number of nitrogens with one attached hydrogen (secondary N) is 2. The summed E-state index contributed by atoms with van der Waals surface area (Å²) < 4.78 is 0. The Morgan fingerprint density at radius 2 is 2.25 bits per heavy atom. The van der Waals surface area contributed by atoms with Crippen molar-refractivity contribution in [2.75, 3.05) is 13.1 Å². The zero-order chi connectivity index (χ0) is 16.9. The summed E-state index contributed by atoms with van der Waals surface area (Å²) in [5.41, 5.74) is 2.81. The van der Waals surface area contributed by atoms with Gasteiger partial charge in [0.05, 0.1) is 0 Å². The average Bonchev–Trinajstić information content (AvgIpc) is 3.04. The molecule has 0 saturated carbocycles. The molecule has 0 bridgehead atoms. The number of H-pyrrole nitrogens is 1. The summed E-state index contributed by atoms with van der Waals surface area (Å²) in [5, 5.41) is 12.7. The van der Waals surface area contributed by atoms with Gasteiger partial charge in [0, 0.05) is 24.8 Å². The summed E-state index contributed by atoms with van der Waals surface area (Å²) in [7, 11) is 0. The van der Waals surface area contributed by atoms with Gasteiger partial charge in [-0.15, -0.1) is 0 Å². The van der Waals surface area contributed by atoms with Gasteiger partial charge in [-0.2, -0.15) is 0 Å². The topological polar surface area (TPSA) is 68.4 Å². The van der Waals surface area contributed by atoms with Crippen LogP contribution in [-0.4, -0.2) is 40.0 Å². The Bertz CT molecular complexity index is 695. The summed E-state index contributed by atoms with van der Waals surface area (Å²) in [6.45, 7) is 4.71. The molecular formula is C19H25N3O2. The lowest BCUT2D eigenvalue weighted by Gasteiger charge is -2.33. The fraction of sp³-hybridized carbons (Fsp3) is 0.421. The van der Waals surface area contributed by atoms with Gasteiger partial charge in [-0.25, -0.2) is 0 Å². The van der Waals surface area contributed by atoms with E-state index in [-0.39, 0.29) is 11.9 Å². The molecule has 0 aliphatic carbocycles. The highest BCUT2D eigenvalue weighted by molar-refractivity contribution is 5.92. The molecule has 2 heterocycles. The lowest BCUT2D eigenvalue weighted by Crippen LogP contribution is -2.47. The molecule has 1 fully saturated rings. The van der Waals surface area contributed by atoms with E-state index in [0.29, 0.717) is 11.4 Å². The lowest BCUT2D eigenvalue weighted by atomic mass is 10.0. The smallest absolute Gasteiger partial charge is 0.267 e. The van der Waals surface area contributed by atoms with Gasteiger partial charge in [0.15, 0.2) is 0 Å². The molecule has 3 rings (SSSR count). The maximum Gasteiger partial charge on any atom is 0.267 e. The number of hydrogen-bond acceptors (Lipinski definition) is 3. The van der Waals surface area contributed by atoms with Gasteiger partial charge >= 0.3 is 0 Å². The first-order valence-corrected chi connectivity index (χ1v) is 8.63. The van der Waals surface area contributed by atoms with Gasteiger partial charge in [0.2, 0.25) is 0 Å². The van der Waals surface area contributed by atoms with E-state index in [4.69, 9.17) is 0 Å². The minimum atomic E-state index is -0.0288. The molecule has 1 atom stereocenters. The number of hydrogen-bond donors (Lipinski definition) is 3. The van der Waals surface area contributed by atoms with Gasteiger partial charge in [0.25, 0.3) is 5.91 Å². The van der Waals surface area contributed by atoms with Crippen molar-refractivity contribution in [3.05, 3.63) is 53.3 Å². The second-order valence-corrected chi connectivity index (χ2v) is 6.47. The Morgan fingerprint density at radius 3 is 3.00 bits per heavy atom. The summed E-state index contributed by atoms with van der Waals surface area (Å²) in [6.07, 6.45) is 2.97. The van der Waals surface area contributed by atoms with Gasteiger partial charge in [0.1, 0.15) is 11.4 Å². The Labute approximate surface area is 142 Å². The molecule has 1 aromatic carbocycles. The molecule has 1 aromatic heterocycles. The van der Waals surface area contributed by atoms with Gasteiger partial charge in [-0.3, -0.25) is 9.69 Å². The molecule has 24 heavy (non-hydrogen) atoms. The van der Waals surface area contributed by atoms with Crippen molar-refractivity contribution in [1.29, 1.82) is 0 Å². The zero-order valence-electron chi connectivity index (χ0n) is 14.1. The van der Waals surface area contributed by atoms with Gasteiger partial charge < -0.3 is 15.4 Å². The largest absolute Gasteiger partial charge is 0.508 e. The molecular weight excluding hydrogens is 302 g/mol. The Hall–Kier alpha value is -2.27. The third kappa shape index (κ3) is 4.17. The first-order chi connectivity index (χ1) is 11.6. The standard InChI is InChI=1S/C19H25N3O2/c1-2-15-8-9-18(20-15)19(24)21-16-6-4-10-22(13-16)12-14-5-3-7-17(23)11-14/h3,5,7-9,11,16,20,23H,2,4,6,10,12-13H2,1H3,(H,21,24). The van der Waals surface area contributed by atoms with E-state index >= 15 is 0 Å². The van der Waals surface area contributed by atoms with E-state index in [2.05, 4.69) is 22.1 Å². The molecule has 5 nitrogen and oxygen atoms in total. The molecule has 0 spiro atoms. The first-order valence-electron chi connectivity index (χ1n) is 8.63. The summed E-state index contributed by atoms with van der Waals surface area (Å²) in [5.74, 6) is 0.270. The van der Waals surface area contributed by atoms with Crippen molar-refractivity contribution in [3.63, 3.8) is 0 Å². The van der Waals surface area contributed by atoms with Crippen LogP contribution in [0.3, 0.4) is 0 Å². The third-order valence-electron chi connectivity index (χ3n) is 4.53. The normalized spacial score (nSPS) is 18.5. The number of phenols is 1. The van der Waals surface area contributed by atoms with Crippen molar-refractivity contribution >= 4 is 5.91 Å². The van der Waals surface area contributed by atoms with Crippen LogP contribution in [0.2, 0.25) is 0 Å². The molecule has 1 unspecified atom stereocenters. The number of carbonyl (C=O) groups excluding carboxylic acids is 1. The van der Waals surface area contributed by atoms with Crippen molar-refractivity contribution < 1.29 is 9.90 Å². The average molecular weight is 327 g/mol. The van der Waals surface area contributed by atoms with Crippen LogP contribution in [0.4, 0.5) is 0 Å². The predicted molar refractivity (Wildman–Crippen MR) is 94.0 cm³/mol. The molecule has 1 aliphatic heterocycles. The van der Waals surface area contributed by atoms with Crippen molar-refractivity contribution in [1.82, 2.24) is 15.2 Å². The number of benzene rings is 1. The minimum absolute atomic E-state index is 0.0288. The minimum Gasteiger partial charge on any atom is -0.508 e. The maximum atomic E-state index is 12.4. The second kappa shape index (κ2) is 7.53. The van der Waals surface area contributed by atoms with E-state index < -0.39 is 0 Å². The SMILES string of the molecule is CCc1ccc(C(=O)NC2CCCN(Cc3cccc(O)c3)C2)[nH]1. The van der Waals surface area contributed by atoms with Crippen LogP contribution in [-0.2, 0) is 13.0 Å². The summed E-state index contributed by atoms with van der Waals surface area (Å²) in [6, 6.07) is 11.3. The first kappa shape index (κ1) is 16.6. The number of piperidine rings is 1. The monoisotopic (exact) mass is 327 g/mol. The van der Waals surface area contributed by atoms with Crippen LogP contribution >= 0.6 is 0 Å². The number of aromatic hydroxyl groups is 1. The number of rotatable bonds is 5. The number of aryl methyl sites for hydroxylation is 1. The van der Waals surface area contributed by atoms with Crippen molar-refractivity contribution in [2.24, 2.45) is 0 Å².